The smallest absolute Gasteiger partial charge is 0.195 e. The molecule has 1 heterocycles. The molecule has 0 aromatic rings. The fourth-order valence-corrected chi connectivity index (χ4v) is 1.40. The van der Waals surface area contributed by atoms with Crippen LogP contribution in [0.3, 0.4) is 0 Å². The lowest BCUT2D eigenvalue weighted by atomic mass is 10.3. The Bertz CT molecular complexity index is 95.9. The molecule has 0 N–H and O–H groups in total. The second-order valence-corrected chi connectivity index (χ2v) is 2.76. The third kappa shape index (κ3) is 1.76. The minimum Gasteiger partial charge on any atom is -0.348 e. The highest BCUT2D eigenvalue weighted by molar-refractivity contribution is 6.21. The second-order valence-electron chi connectivity index (χ2n) is 2.23. The van der Waals surface area contributed by atoms with Crippen molar-refractivity contribution in [2.24, 2.45) is 0 Å². The molecule has 0 bridgehead atoms. The molecule has 0 aromatic carbocycles. The van der Waals surface area contributed by atoms with E-state index in [0.29, 0.717) is 25.0 Å². The van der Waals surface area contributed by atoms with Crippen LogP contribution in [0, 0.1) is 0 Å². The molecule has 4 heteroatoms. The molecule has 60 valence electrons. The van der Waals surface area contributed by atoms with Gasteiger partial charge in [0.2, 0.25) is 0 Å². The van der Waals surface area contributed by atoms with E-state index in [0.717, 1.165) is 6.42 Å². The van der Waals surface area contributed by atoms with Crippen molar-refractivity contribution in [3.63, 3.8) is 0 Å². The molecule has 1 fully saturated rings. The standard InChI is InChI=1S/C6H10Cl2O2/c7-4-6(5-8)9-2-1-3-10-6/h1-5H2. The molecular formula is C6H10Cl2O2. The first-order valence-electron chi connectivity index (χ1n) is 3.23. The van der Waals surface area contributed by atoms with Gasteiger partial charge in [-0.2, -0.15) is 0 Å². The lowest BCUT2D eigenvalue weighted by Gasteiger charge is -2.33. The maximum atomic E-state index is 5.60. The van der Waals surface area contributed by atoms with E-state index in [2.05, 4.69) is 0 Å². The summed E-state index contributed by atoms with van der Waals surface area (Å²) in [5.41, 5.74) is 0. The minimum atomic E-state index is -0.707. The first-order chi connectivity index (χ1) is 4.83. The predicted octanol–water partition coefficient (Wildman–Crippen LogP) is 1.60. The Morgan fingerprint density at radius 2 is 1.60 bits per heavy atom. The van der Waals surface area contributed by atoms with Crippen molar-refractivity contribution in [2.75, 3.05) is 25.0 Å². The van der Waals surface area contributed by atoms with Gasteiger partial charge >= 0.3 is 0 Å². The van der Waals surface area contributed by atoms with Gasteiger partial charge in [-0.05, 0) is 6.42 Å². The van der Waals surface area contributed by atoms with Crippen LogP contribution < -0.4 is 0 Å². The number of rotatable bonds is 2. The number of halogens is 2. The van der Waals surface area contributed by atoms with Crippen LogP contribution in [-0.2, 0) is 9.47 Å². The van der Waals surface area contributed by atoms with Gasteiger partial charge in [0.25, 0.3) is 0 Å². The minimum absolute atomic E-state index is 0.302. The summed E-state index contributed by atoms with van der Waals surface area (Å²) >= 11 is 11.2. The molecule has 0 radical (unpaired) electrons. The zero-order chi connectivity index (χ0) is 7.45. The first-order valence-corrected chi connectivity index (χ1v) is 4.30. The van der Waals surface area contributed by atoms with Crippen molar-refractivity contribution in [1.82, 2.24) is 0 Å². The van der Waals surface area contributed by atoms with E-state index < -0.39 is 5.79 Å². The molecule has 2 nitrogen and oxygen atoms in total. The van der Waals surface area contributed by atoms with Crippen molar-refractivity contribution in [3.05, 3.63) is 0 Å². The van der Waals surface area contributed by atoms with Crippen LogP contribution in [0.5, 0.6) is 0 Å². The number of hydrogen-bond donors (Lipinski definition) is 0. The van der Waals surface area contributed by atoms with Gasteiger partial charge in [-0.25, -0.2) is 0 Å². The first kappa shape index (κ1) is 8.60. The summed E-state index contributed by atoms with van der Waals surface area (Å²) in [6.45, 7) is 1.39. The second kappa shape index (κ2) is 3.77. The van der Waals surface area contributed by atoms with E-state index in [1.54, 1.807) is 0 Å². The molecule has 1 saturated heterocycles. The summed E-state index contributed by atoms with van der Waals surface area (Å²) in [5.74, 6) is -0.103. The van der Waals surface area contributed by atoms with Crippen LogP contribution in [0.1, 0.15) is 6.42 Å². The van der Waals surface area contributed by atoms with Crippen LogP contribution in [-0.4, -0.2) is 30.8 Å². The van der Waals surface area contributed by atoms with E-state index in [1.165, 1.54) is 0 Å². The third-order valence-corrected chi connectivity index (χ3v) is 2.24. The zero-order valence-electron chi connectivity index (χ0n) is 5.61. The number of hydrogen-bond acceptors (Lipinski definition) is 2. The lowest BCUT2D eigenvalue weighted by molar-refractivity contribution is -0.239. The molecule has 0 atom stereocenters. The monoisotopic (exact) mass is 184 g/mol. The van der Waals surface area contributed by atoms with Gasteiger partial charge in [0, 0.05) is 0 Å². The van der Waals surface area contributed by atoms with E-state index in [1.807, 2.05) is 0 Å². The van der Waals surface area contributed by atoms with Gasteiger partial charge in [0.15, 0.2) is 5.79 Å². The van der Waals surface area contributed by atoms with E-state index in [4.69, 9.17) is 32.7 Å². The fourth-order valence-electron chi connectivity index (χ4n) is 0.807. The van der Waals surface area contributed by atoms with Crippen LogP contribution in [0.4, 0.5) is 0 Å². The Morgan fingerprint density at radius 3 is 1.90 bits per heavy atom. The molecule has 0 aromatic heterocycles. The Balaban J connectivity index is 2.44. The van der Waals surface area contributed by atoms with Crippen molar-refractivity contribution < 1.29 is 9.47 Å². The van der Waals surface area contributed by atoms with E-state index in [9.17, 15) is 0 Å². The topological polar surface area (TPSA) is 18.5 Å². The SMILES string of the molecule is ClCC1(CCl)OCCCO1. The van der Waals surface area contributed by atoms with E-state index >= 15 is 0 Å². The Hall–Kier alpha value is 0.500. The average Bonchev–Trinajstić information content (AvgIpc) is 2.06. The van der Waals surface area contributed by atoms with Gasteiger partial charge in [0.05, 0.1) is 25.0 Å². The molecule has 0 unspecified atom stereocenters. The summed E-state index contributed by atoms with van der Waals surface area (Å²) in [7, 11) is 0. The van der Waals surface area contributed by atoms with Crippen LogP contribution in [0.25, 0.3) is 0 Å². The van der Waals surface area contributed by atoms with E-state index in [-0.39, 0.29) is 0 Å². The quantitative estimate of drug-likeness (QED) is 0.608. The summed E-state index contributed by atoms with van der Waals surface area (Å²) in [4.78, 5) is 0. The predicted molar refractivity (Wildman–Crippen MR) is 40.7 cm³/mol. The highest BCUT2D eigenvalue weighted by atomic mass is 35.5. The van der Waals surface area contributed by atoms with Gasteiger partial charge < -0.3 is 9.47 Å². The third-order valence-electron chi connectivity index (χ3n) is 1.43. The van der Waals surface area contributed by atoms with Crippen LogP contribution in [0.2, 0.25) is 0 Å². The summed E-state index contributed by atoms with van der Waals surface area (Å²) in [6, 6.07) is 0. The molecular weight excluding hydrogens is 175 g/mol. The maximum absolute atomic E-state index is 5.60. The van der Waals surface area contributed by atoms with Crippen molar-refractivity contribution >= 4 is 23.2 Å². The largest absolute Gasteiger partial charge is 0.348 e. The normalized spacial score (nSPS) is 24.6. The Kier molecular flexibility index (Phi) is 3.24. The molecule has 1 aliphatic heterocycles. The maximum Gasteiger partial charge on any atom is 0.195 e. The Labute approximate surface area is 70.4 Å². The molecule has 1 rings (SSSR count). The highest BCUT2D eigenvalue weighted by Crippen LogP contribution is 2.21. The molecule has 1 aliphatic rings. The number of ether oxygens (including phenoxy) is 2. The van der Waals surface area contributed by atoms with Gasteiger partial charge in [0.1, 0.15) is 0 Å². The van der Waals surface area contributed by atoms with Crippen molar-refractivity contribution in [2.45, 2.75) is 12.2 Å². The van der Waals surface area contributed by atoms with Gasteiger partial charge in [-0.1, -0.05) is 0 Å². The lowest BCUT2D eigenvalue weighted by Crippen LogP contribution is -2.44. The molecule has 0 spiro atoms. The summed E-state index contributed by atoms with van der Waals surface area (Å²) < 4.78 is 10.6. The van der Waals surface area contributed by atoms with Crippen molar-refractivity contribution in [1.29, 1.82) is 0 Å². The fraction of sp³-hybridized carbons (Fsp3) is 1.00. The van der Waals surface area contributed by atoms with Crippen molar-refractivity contribution in [3.8, 4) is 0 Å². The van der Waals surface area contributed by atoms with Gasteiger partial charge in [-0.15, -0.1) is 23.2 Å². The molecule has 10 heavy (non-hydrogen) atoms. The molecule has 0 aliphatic carbocycles. The summed E-state index contributed by atoms with van der Waals surface area (Å²) in [6.07, 6.45) is 0.926. The molecule has 0 saturated carbocycles. The summed E-state index contributed by atoms with van der Waals surface area (Å²) in [5, 5.41) is 0. The van der Waals surface area contributed by atoms with Crippen LogP contribution >= 0.6 is 23.2 Å². The van der Waals surface area contributed by atoms with Crippen LogP contribution in [0.15, 0.2) is 0 Å². The number of alkyl halides is 2. The zero-order valence-corrected chi connectivity index (χ0v) is 7.12. The van der Waals surface area contributed by atoms with Gasteiger partial charge in [-0.3, -0.25) is 0 Å². The molecule has 0 amide bonds. The highest BCUT2D eigenvalue weighted by Gasteiger charge is 2.32. The average molecular weight is 185 g/mol. The Morgan fingerprint density at radius 1 is 1.10 bits per heavy atom.